The van der Waals surface area contributed by atoms with Crippen LogP contribution < -0.4 is 10.6 Å². The Hall–Kier alpha value is -1.89. The van der Waals surface area contributed by atoms with E-state index in [0.29, 0.717) is 13.1 Å². The van der Waals surface area contributed by atoms with Crippen molar-refractivity contribution in [2.75, 3.05) is 44.4 Å². The van der Waals surface area contributed by atoms with Crippen LogP contribution in [0.5, 0.6) is 0 Å². The number of halogens is 1. The molecule has 0 atom stereocenters. The fourth-order valence-corrected chi connectivity index (χ4v) is 1.74. The lowest BCUT2D eigenvalue weighted by molar-refractivity contribution is -0.384. The third kappa shape index (κ3) is 3.78. The number of likely N-dealkylation sites (N-methyl/N-ethyl adjacent to an activating group) is 2. The maximum atomic E-state index is 13.5. The highest BCUT2D eigenvalue weighted by atomic mass is 19.1. The number of anilines is 2. The summed E-state index contributed by atoms with van der Waals surface area (Å²) in [6.07, 6.45) is 0. The van der Waals surface area contributed by atoms with Crippen molar-refractivity contribution in [1.82, 2.24) is 4.90 Å². The largest absolute Gasteiger partial charge is 0.396 e. The smallest absolute Gasteiger partial charge is 0.294 e. The monoisotopic (exact) mass is 270 g/mol. The van der Waals surface area contributed by atoms with E-state index >= 15 is 0 Å². The second kappa shape index (κ2) is 6.33. The summed E-state index contributed by atoms with van der Waals surface area (Å²) in [6, 6.07) is 2.20. The Labute approximate surface area is 111 Å². The molecule has 0 fully saturated rings. The fraction of sp³-hybridized carbons (Fsp3) is 0.500. The molecule has 0 saturated carbocycles. The van der Waals surface area contributed by atoms with Gasteiger partial charge in [0.1, 0.15) is 11.5 Å². The Morgan fingerprint density at radius 3 is 2.47 bits per heavy atom. The highest BCUT2D eigenvalue weighted by Crippen LogP contribution is 2.32. The summed E-state index contributed by atoms with van der Waals surface area (Å²) in [6.45, 7) is 3.72. The number of nitrogen functional groups attached to an aromatic ring is 1. The Bertz CT molecular complexity index is 465. The topological polar surface area (TPSA) is 75.6 Å². The minimum atomic E-state index is -0.635. The molecule has 0 aliphatic carbocycles. The molecule has 106 valence electrons. The zero-order valence-electron chi connectivity index (χ0n) is 11.4. The molecule has 0 radical (unpaired) electrons. The predicted octanol–water partition coefficient (Wildman–Crippen LogP) is 1.70. The third-order valence-corrected chi connectivity index (χ3v) is 2.83. The molecule has 0 aliphatic rings. The van der Waals surface area contributed by atoms with Gasteiger partial charge >= 0.3 is 0 Å². The highest BCUT2D eigenvalue weighted by Gasteiger charge is 2.21. The molecule has 19 heavy (non-hydrogen) atoms. The van der Waals surface area contributed by atoms with Crippen molar-refractivity contribution < 1.29 is 9.31 Å². The molecule has 0 spiro atoms. The van der Waals surface area contributed by atoms with E-state index in [-0.39, 0.29) is 17.1 Å². The van der Waals surface area contributed by atoms with Gasteiger partial charge in [0.2, 0.25) is 0 Å². The van der Waals surface area contributed by atoms with Crippen molar-refractivity contribution in [2.24, 2.45) is 0 Å². The maximum Gasteiger partial charge on any atom is 0.294 e. The summed E-state index contributed by atoms with van der Waals surface area (Å²) in [7, 11) is 3.82. The summed E-state index contributed by atoms with van der Waals surface area (Å²) in [5.74, 6) is -0.635. The van der Waals surface area contributed by atoms with E-state index in [2.05, 4.69) is 0 Å². The van der Waals surface area contributed by atoms with Crippen LogP contribution in [-0.2, 0) is 0 Å². The first-order valence-corrected chi connectivity index (χ1v) is 5.99. The molecule has 0 aromatic heterocycles. The van der Waals surface area contributed by atoms with Crippen LogP contribution in [0.3, 0.4) is 0 Å². The van der Waals surface area contributed by atoms with E-state index in [1.807, 2.05) is 25.9 Å². The standard InChI is InChI=1S/C12H19FN4O2/c1-4-16(6-5-15(2)3)11-7-9(13)10(14)8-12(11)17(18)19/h7-8H,4-6,14H2,1-3H3. The van der Waals surface area contributed by atoms with Crippen LogP contribution in [0.2, 0.25) is 0 Å². The molecule has 0 amide bonds. The van der Waals surface area contributed by atoms with E-state index in [1.165, 1.54) is 0 Å². The quantitative estimate of drug-likeness (QED) is 0.484. The first-order chi connectivity index (χ1) is 8.86. The molecule has 1 aromatic carbocycles. The first kappa shape index (κ1) is 15.2. The van der Waals surface area contributed by atoms with Gasteiger partial charge in [0, 0.05) is 31.8 Å². The number of nitrogens with two attached hydrogens (primary N) is 1. The number of nitrogens with zero attached hydrogens (tertiary/aromatic N) is 3. The number of rotatable bonds is 6. The highest BCUT2D eigenvalue weighted by molar-refractivity contribution is 5.68. The molecule has 0 heterocycles. The van der Waals surface area contributed by atoms with Gasteiger partial charge in [0.25, 0.3) is 5.69 Å². The van der Waals surface area contributed by atoms with E-state index in [4.69, 9.17) is 5.73 Å². The second-order valence-electron chi connectivity index (χ2n) is 4.50. The van der Waals surface area contributed by atoms with Crippen LogP contribution in [0, 0.1) is 15.9 Å². The average molecular weight is 270 g/mol. The average Bonchev–Trinajstić information content (AvgIpc) is 2.33. The van der Waals surface area contributed by atoms with E-state index in [1.54, 1.807) is 4.90 Å². The molecule has 7 heteroatoms. The van der Waals surface area contributed by atoms with Crippen molar-refractivity contribution in [2.45, 2.75) is 6.92 Å². The van der Waals surface area contributed by atoms with Crippen LogP contribution in [0.1, 0.15) is 6.92 Å². The summed E-state index contributed by atoms with van der Waals surface area (Å²) in [5.41, 5.74) is 5.27. The Balaban J connectivity index is 3.14. The van der Waals surface area contributed by atoms with Gasteiger partial charge in [0.05, 0.1) is 10.6 Å². The molecular formula is C12H19FN4O2. The Morgan fingerprint density at radius 1 is 1.37 bits per heavy atom. The van der Waals surface area contributed by atoms with Crippen molar-refractivity contribution in [3.63, 3.8) is 0 Å². The molecular weight excluding hydrogens is 251 g/mol. The van der Waals surface area contributed by atoms with E-state index in [0.717, 1.165) is 18.7 Å². The van der Waals surface area contributed by atoms with Gasteiger partial charge in [-0.1, -0.05) is 0 Å². The Kier molecular flexibility index (Phi) is 5.05. The van der Waals surface area contributed by atoms with E-state index < -0.39 is 10.7 Å². The van der Waals surface area contributed by atoms with Crippen LogP contribution in [0.4, 0.5) is 21.5 Å². The van der Waals surface area contributed by atoms with E-state index in [9.17, 15) is 14.5 Å². The summed E-state index contributed by atoms with van der Waals surface area (Å²) >= 11 is 0. The summed E-state index contributed by atoms with van der Waals surface area (Å²) < 4.78 is 13.5. The lowest BCUT2D eigenvalue weighted by atomic mass is 10.2. The van der Waals surface area contributed by atoms with Crippen LogP contribution in [-0.4, -0.2) is 43.6 Å². The summed E-state index contributed by atoms with van der Waals surface area (Å²) in [4.78, 5) is 14.2. The molecule has 0 unspecified atom stereocenters. The lowest BCUT2D eigenvalue weighted by Gasteiger charge is -2.24. The number of nitro benzene ring substituents is 1. The molecule has 1 aromatic rings. The SMILES string of the molecule is CCN(CCN(C)C)c1cc(F)c(N)cc1[N+](=O)[O-]. The molecule has 0 aliphatic heterocycles. The van der Waals surface area contributed by atoms with Crippen molar-refractivity contribution >= 4 is 17.1 Å². The minimum Gasteiger partial charge on any atom is -0.396 e. The van der Waals surface area contributed by atoms with Crippen molar-refractivity contribution in [3.05, 3.63) is 28.1 Å². The Morgan fingerprint density at radius 2 is 2.00 bits per heavy atom. The van der Waals surface area contributed by atoms with Crippen LogP contribution in [0.15, 0.2) is 12.1 Å². The number of benzene rings is 1. The predicted molar refractivity (Wildman–Crippen MR) is 73.9 cm³/mol. The third-order valence-electron chi connectivity index (χ3n) is 2.83. The molecule has 2 N–H and O–H groups in total. The van der Waals surface area contributed by atoms with Gasteiger partial charge in [-0.2, -0.15) is 0 Å². The normalized spacial score (nSPS) is 10.8. The van der Waals surface area contributed by atoms with Gasteiger partial charge in [-0.15, -0.1) is 0 Å². The first-order valence-electron chi connectivity index (χ1n) is 5.99. The molecule has 0 bridgehead atoms. The molecule has 0 saturated heterocycles. The van der Waals surface area contributed by atoms with Gasteiger partial charge in [-0.05, 0) is 21.0 Å². The zero-order valence-corrected chi connectivity index (χ0v) is 11.4. The van der Waals surface area contributed by atoms with Crippen molar-refractivity contribution in [1.29, 1.82) is 0 Å². The molecule has 6 nitrogen and oxygen atoms in total. The number of nitro groups is 1. The molecule has 1 rings (SSSR count). The van der Waals surface area contributed by atoms with Crippen LogP contribution in [0.25, 0.3) is 0 Å². The zero-order chi connectivity index (χ0) is 14.6. The van der Waals surface area contributed by atoms with Gasteiger partial charge in [0.15, 0.2) is 0 Å². The number of hydrogen-bond acceptors (Lipinski definition) is 5. The fourth-order valence-electron chi connectivity index (χ4n) is 1.74. The van der Waals surface area contributed by atoms with Crippen molar-refractivity contribution in [3.8, 4) is 0 Å². The van der Waals surface area contributed by atoms with Gasteiger partial charge < -0.3 is 15.5 Å². The van der Waals surface area contributed by atoms with Gasteiger partial charge in [-0.3, -0.25) is 10.1 Å². The summed E-state index contributed by atoms with van der Waals surface area (Å²) in [5, 5.41) is 11.0. The van der Waals surface area contributed by atoms with Crippen LogP contribution >= 0.6 is 0 Å². The second-order valence-corrected chi connectivity index (χ2v) is 4.50. The maximum absolute atomic E-state index is 13.5. The lowest BCUT2D eigenvalue weighted by Crippen LogP contribution is -2.32. The number of hydrogen-bond donors (Lipinski definition) is 1. The minimum absolute atomic E-state index is 0.167. The van der Waals surface area contributed by atoms with Gasteiger partial charge in [-0.25, -0.2) is 4.39 Å².